The molecular formula is C25H48O6. The summed E-state index contributed by atoms with van der Waals surface area (Å²) in [6, 6.07) is 0. The maximum Gasteiger partial charge on any atom is 0.186 e. The van der Waals surface area contributed by atoms with E-state index in [2.05, 4.69) is 6.92 Å². The summed E-state index contributed by atoms with van der Waals surface area (Å²) in [4.78, 5) is 0. The summed E-state index contributed by atoms with van der Waals surface area (Å²) in [6.45, 7) is 2.63. The van der Waals surface area contributed by atoms with E-state index >= 15 is 0 Å². The van der Waals surface area contributed by atoms with E-state index in [1.165, 1.54) is 97.0 Å². The molecule has 0 bridgehead atoms. The monoisotopic (exact) mass is 444 g/mol. The van der Waals surface area contributed by atoms with E-state index in [9.17, 15) is 10.2 Å². The maximum atomic E-state index is 10.3. The lowest BCUT2D eigenvalue weighted by Gasteiger charge is -2.45. The average molecular weight is 445 g/mol. The van der Waals surface area contributed by atoms with Gasteiger partial charge < -0.3 is 29.2 Å². The smallest absolute Gasteiger partial charge is 0.186 e. The van der Waals surface area contributed by atoms with Crippen LogP contribution in [0, 0.1) is 0 Å². The average Bonchev–Trinajstić information content (AvgIpc) is 2.79. The quantitative estimate of drug-likeness (QED) is 0.305. The molecule has 6 nitrogen and oxygen atoms in total. The summed E-state index contributed by atoms with van der Waals surface area (Å²) in [5.41, 5.74) is 0. The van der Waals surface area contributed by atoms with Crippen molar-refractivity contribution in [3.8, 4) is 0 Å². The van der Waals surface area contributed by atoms with Gasteiger partial charge in [0.05, 0.1) is 6.61 Å². The Balaban J connectivity index is 1.40. The molecule has 31 heavy (non-hydrogen) atoms. The molecule has 0 spiro atoms. The summed E-state index contributed by atoms with van der Waals surface area (Å²) in [6.07, 6.45) is 16.7. The van der Waals surface area contributed by atoms with E-state index in [1.54, 1.807) is 0 Å². The molecule has 0 aromatic heterocycles. The highest BCUT2D eigenvalue weighted by Crippen LogP contribution is 2.30. The number of aliphatic hydroxyl groups is 2. The molecule has 2 aliphatic rings. The van der Waals surface area contributed by atoms with Gasteiger partial charge in [0.25, 0.3) is 0 Å². The molecule has 1 unspecified atom stereocenters. The first-order valence-corrected chi connectivity index (χ1v) is 13.0. The predicted molar refractivity (Wildman–Crippen MR) is 122 cm³/mol. The molecule has 2 N–H and O–H groups in total. The van der Waals surface area contributed by atoms with Crippen molar-refractivity contribution in [1.82, 2.24) is 0 Å². The van der Waals surface area contributed by atoms with Crippen LogP contribution in [0.25, 0.3) is 0 Å². The third-order valence-electron chi connectivity index (χ3n) is 6.67. The standard InChI is InChI=1S/C25H48O6/c1-3-4-5-6-7-8-9-10-11-12-13-14-15-16-17-18-21-29-19-20-24(31-21)22(26)23(27)25(28-2)30-20/h20-27H,3-19H2,1-2H3/t20-,21?,22-,23-,24-,25-/m1/s1. The van der Waals surface area contributed by atoms with Crippen molar-refractivity contribution in [2.45, 2.75) is 147 Å². The van der Waals surface area contributed by atoms with Gasteiger partial charge in [0, 0.05) is 7.11 Å². The van der Waals surface area contributed by atoms with Gasteiger partial charge in [-0.2, -0.15) is 0 Å². The van der Waals surface area contributed by atoms with Crippen molar-refractivity contribution >= 4 is 0 Å². The van der Waals surface area contributed by atoms with Crippen LogP contribution in [0.5, 0.6) is 0 Å². The van der Waals surface area contributed by atoms with E-state index in [1.807, 2.05) is 0 Å². The fourth-order valence-corrected chi connectivity index (χ4v) is 4.65. The number of hydrogen-bond donors (Lipinski definition) is 2. The van der Waals surface area contributed by atoms with Crippen LogP contribution in [0.3, 0.4) is 0 Å². The molecule has 2 rings (SSSR count). The summed E-state index contributed by atoms with van der Waals surface area (Å²) in [5.74, 6) is 0. The van der Waals surface area contributed by atoms with Crippen LogP contribution in [-0.2, 0) is 18.9 Å². The lowest BCUT2D eigenvalue weighted by atomic mass is 9.98. The van der Waals surface area contributed by atoms with Crippen molar-refractivity contribution in [1.29, 1.82) is 0 Å². The molecule has 6 atom stereocenters. The number of fused-ring (bicyclic) bond motifs is 1. The lowest BCUT2D eigenvalue weighted by Crippen LogP contribution is -2.63. The summed E-state index contributed by atoms with van der Waals surface area (Å²) < 4.78 is 22.3. The first-order chi connectivity index (χ1) is 15.2. The summed E-state index contributed by atoms with van der Waals surface area (Å²) in [5, 5.41) is 20.4. The summed E-state index contributed by atoms with van der Waals surface area (Å²) in [7, 11) is 1.45. The Bertz CT molecular complexity index is 432. The molecule has 0 amide bonds. The third-order valence-corrected chi connectivity index (χ3v) is 6.67. The van der Waals surface area contributed by atoms with Gasteiger partial charge in [-0.05, 0) is 12.8 Å². The van der Waals surface area contributed by atoms with E-state index in [0.717, 1.165) is 12.8 Å². The molecular weight excluding hydrogens is 396 g/mol. The van der Waals surface area contributed by atoms with E-state index < -0.39 is 30.7 Å². The van der Waals surface area contributed by atoms with E-state index in [-0.39, 0.29) is 6.29 Å². The Hall–Kier alpha value is -0.240. The van der Waals surface area contributed by atoms with Crippen molar-refractivity contribution in [2.24, 2.45) is 0 Å². The van der Waals surface area contributed by atoms with Gasteiger partial charge in [0.2, 0.25) is 0 Å². The second-order valence-corrected chi connectivity index (χ2v) is 9.36. The molecule has 0 saturated carbocycles. The molecule has 2 heterocycles. The number of hydrogen-bond acceptors (Lipinski definition) is 6. The minimum atomic E-state index is -1.10. The van der Waals surface area contributed by atoms with E-state index in [0.29, 0.717) is 6.61 Å². The Kier molecular flexibility index (Phi) is 14.3. The highest BCUT2D eigenvalue weighted by atomic mass is 16.7. The van der Waals surface area contributed by atoms with Crippen molar-refractivity contribution in [3.05, 3.63) is 0 Å². The van der Waals surface area contributed by atoms with Crippen molar-refractivity contribution in [2.75, 3.05) is 13.7 Å². The zero-order valence-corrected chi connectivity index (χ0v) is 20.0. The molecule has 0 aliphatic carbocycles. The van der Waals surface area contributed by atoms with Crippen LogP contribution in [0.4, 0.5) is 0 Å². The van der Waals surface area contributed by atoms with E-state index in [4.69, 9.17) is 18.9 Å². The zero-order chi connectivity index (χ0) is 22.3. The molecule has 0 aromatic carbocycles. The number of methoxy groups -OCH3 is 1. The number of aliphatic hydroxyl groups excluding tert-OH is 2. The molecule has 2 saturated heterocycles. The zero-order valence-electron chi connectivity index (χ0n) is 20.0. The molecule has 0 aromatic rings. The third kappa shape index (κ3) is 10.1. The molecule has 0 radical (unpaired) electrons. The van der Waals surface area contributed by atoms with Crippen LogP contribution in [-0.4, -0.2) is 60.9 Å². The number of rotatable bonds is 17. The predicted octanol–water partition coefficient (Wildman–Crippen LogP) is 5.08. The topological polar surface area (TPSA) is 77.4 Å². The van der Waals surface area contributed by atoms with Gasteiger partial charge >= 0.3 is 0 Å². The SMILES string of the molecule is CCCCCCCCCCCCCCCCCC1OC[C@H]2O[C@@H](OC)[C@H](O)[C@@H](O)[C@@H]2O1. The molecule has 6 heteroatoms. The fourth-order valence-electron chi connectivity index (χ4n) is 4.65. The van der Waals surface area contributed by atoms with Crippen molar-refractivity contribution < 1.29 is 29.2 Å². The Morgan fingerprint density at radius 2 is 1.23 bits per heavy atom. The fraction of sp³-hybridized carbons (Fsp3) is 1.00. The first kappa shape index (κ1) is 27.0. The molecule has 2 aliphatic heterocycles. The van der Waals surface area contributed by atoms with Gasteiger partial charge in [-0.15, -0.1) is 0 Å². The Morgan fingerprint density at radius 3 is 1.74 bits per heavy atom. The summed E-state index contributed by atoms with van der Waals surface area (Å²) >= 11 is 0. The Labute approximate surface area is 190 Å². The minimum Gasteiger partial charge on any atom is -0.387 e. The van der Waals surface area contributed by atoms with Crippen LogP contribution in [0.2, 0.25) is 0 Å². The minimum absolute atomic E-state index is 0.326. The van der Waals surface area contributed by atoms with Crippen molar-refractivity contribution in [3.63, 3.8) is 0 Å². The first-order valence-electron chi connectivity index (χ1n) is 13.0. The van der Waals surface area contributed by atoms with Crippen LogP contribution >= 0.6 is 0 Å². The highest BCUT2D eigenvalue weighted by Gasteiger charge is 2.48. The van der Waals surface area contributed by atoms with Gasteiger partial charge in [0.15, 0.2) is 12.6 Å². The maximum absolute atomic E-state index is 10.3. The largest absolute Gasteiger partial charge is 0.387 e. The normalized spacial score (nSPS) is 31.0. The molecule has 2 fully saturated rings. The second-order valence-electron chi connectivity index (χ2n) is 9.36. The van der Waals surface area contributed by atoms with Gasteiger partial charge in [-0.25, -0.2) is 0 Å². The Morgan fingerprint density at radius 1 is 0.710 bits per heavy atom. The van der Waals surface area contributed by atoms with Crippen LogP contribution in [0.1, 0.15) is 110 Å². The van der Waals surface area contributed by atoms with Gasteiger partial charge in [-0.3, -0.25) is 0 Å². The number of unbranched alkanes of at least 4 members (excludes halogenated alkanes) is 14. The van der Waals surface area contributed by atoms with Crippen LogP contribution in [0.15, 0.2) is 0 Å². The lowest BCUT2D eigenvalue weighted by molar-refractivity contribution is -0.356. The van der Waals surface area contributed by atoms with Gasteiger partial charge in [-0.1, -0.05) is 96.8 Å². The second kappa shape index (κ2) is 16.4. The number of ether oxygens (including phenoxy) is 4. The molecule has 184 valence electrons. The highest BCUT2D eigenvalue weighted by molar-refractivity contribution is 4.92. The van der Waals surface area contributed by atoms with Crippen LogP contribution < -0.4 is 0 Å². The van der Waals surface area contributed by atoms with Gasteiger partial charge in [0.1, 0.15) is 24.4 Å².